The number of nitrogens with one attached hydrogen (secondary N) is 1. The molecule has 1 aromatic rings. The number of nitrogens with two attached hydrogens (primary N) is 1. The molecule has 0 spiro atoms. The maximum atomic E-state index is 5.86. The lowest BCUT2D eigenvalue weighted by Crippen LogP contribution is -2.24. The first-order valence-electron chi connectivity index (χ1n) is 6.63. The summed E-state index contributed by atoms with van der Waals surface area (Å²) in [5, 5.41) is 3.03. The number of methoxy groups -OCH3 is 2. The number of hydrogen-bond acceptors (Lipinski definition) is 4. The lowest BCUT2D eigenvalue weighted by Gasteiger charge is -2.11. The molecule has 1 saturated heterocycles. The summed E-state index contributed by atoms with van der Waals surface area (Å²) in [6.45, 7) is 1.41. The van der Waals surface area contributed by atoms with Gasteiger partial charge in [-0.3, -0.25) is 4.99 Å². The van der Waals surface area contributed by atoms with Crippen molar-refractivity contribution in [1.82, 2.24) is 0 Å². The van der Waals surface area contributed by atoms with Crippen LogP contribution in [0.2, 0.25) is 0 Å². The van der Waals surface area contributed by atoms with Crippen LogP contribution in [-0.4, -0.2) is 39.4 Å². The monoisotopic (exact) mass is 279 g/mol. The number of anilines is 1. The molecule has 1 aliphatic heterocycles. The molecule has 6 heteroatoms. The number of ether oxygens (including phenoxy) is 3. The van der Waals surface area contributed by atoms with Gasteiger partial charge in [0.25, 0.3) is 0 Å². The molecule has 110 valence electrons. The van der Waals surface area contributed by atoms with Crippen molar-refractivity contribution >= 4 is 11.6 Å². The summed E-state index contributed by atoms with van der Waals surface area (Å²) >= 11 is 0. The van der Waals surface area contributed by atoms with Gasteiger partial charge in [-0.15, -0.1) is 0 Å². The Morgan fingerprint density at radius 1 is 1.40 bits per heavy atom. The summed E-state index contributed by atoms with van der Waals surface area (Å²) in [6.07, 6.45) is 2.34. The Morgan fingerprint density at radius 2 is 2.20 bits per heavy atom. The van der Waals surface area contributed by atoms with Crippen molar-refractivity contribution < 1.29 is 14.2 Å². The number of hydrogen-bond donors (Lipinski definition) is 2. The van der Waals surface area contributed by atoms with Crippen molar-refractivity contribution in [2.24, 2.45) is 10.7 Å². The fourth-order valence-corrected chi connectivity index (χ4v) is 2.09. The predicted octanol–water partition coefficient (Wildman–Crippen LogP) is 1.61. The highest BCUT2D eigenvalue weighted by molar-refractivity contribution is 5.92. The van der Waals surface area contributed by atoms with Crippen molar-refractivity contribution in [3.05, 3.63) is 18.2 Å². The largest absolute Gasteiger partial charge is 0.493 e. The van der Waals surface area contributed by atoms with Crippen LogP contribution in [0.3, 0.4) is 0 Å². The summed E-state index contributed by atoms with van der Waals surface area (Å²) in [5.41, 5.74) is 6.66. The van der Waals surface area contributed by atoms with Crippen LogP contribution in [0.1, 0.15) is 12.8 Å². The van der Waals surface area contributed by atoms with Crippen LogP contribution in [0.25, 0.3) is 0 Å². The smallest absolute Gasteiger partial charge is 0.193 e. The number of benzene rings is 1. The summed E-state index contributed by atoms with van der Waals surface area (Å²) in [7, 11) is 3.19. The van der Waals surface area contributed by atoms with E-state index in [-0.39, 0.29) is 6.10 Å². The molecule has 1 fully saturated rings. The van der Waals surface area contributed by atoms with Gasteiger partial charge >= 0.3 is 0 Å². The van der Waals surface area contributed by atoms with Crippen molar-refractivity contribution in [1.29, 1.82) is 0 Å². The van der Waals surface area contributed by atoms with Crippen molar-refractivity contribution in [3.63, 3.8) is 0 Å². The third-order valence-electron chi connectivity index (χ3n) is 3.15. The van der Waals surface area contributed by atoms with Crippen LogP contribution in [0.4, 0.5) is 5.69 Å². The molecule has 1 atom stereocenters. The average molecular weight is 279 g/mol. The summed E-state index contributed by atoms with van der Waals surface area (Å²) < 4.78 is 15.9. The van der Waals surface area contributed by atoms with Gasteiger partial charge in [-0.2, -0.15) is 0 Å². The van der Waals surface area contributed by atoms with Gasteiger partial charge in [0.1, 0.15) is 0 Å². The van der Waals surface area contributed by atoms with Crippen LogP contribution >= 0.6 is 0 Å². The van der Waals surface area contributed by atoms with E-state index < -0.39 is 0 Å². The predicted molar refractivity (Wildman–Crippen MR) is 78.6 cm³/mol. The first-order chi connectivity index (χ1) is 9.72. The first-order valence-corrected chi connectivity index (χ1v) is 6.63. The van der Waals surface area contributed by atoms with E-state index >= 15 is 0 Å². The Morgan fingerprint density at radius 3 is 2.85 bits per heavy atom. The Labute approximate surface area is 118 Å². The zero-order chi connectivity index (χ0) is 14.4. The molecule has 0 unspecified atom stereocenters. The van der Waals surface area contributed by atoms with E-state index in [0.29, 0.717) is 24.0 Å². The first kappa shape index (κ1) is 14.5. The zero-order valence-corrected chi connectivity index (χ0v) is 11.9. The molecule has 20 heavy (non-hydrogen) atoms. The van der Waals surface area contributed by atoms with E-state index in [4.69, 9.17) is 19.9 Å². The van der Waals surface area contributed by atoms with Gasteiger partial charge in [0, 0.05) is 18.4 Å². The lowest BCUT2D eigenvalue weighted by atomic mass is 10.2. The molecule has 0 aromatic heterocycles. The Hall–Kier alpha value is -1.95. The maximum absolute atomic E-state index is 5.86. The summed E-state index contributed by atoms with van der Waals surface area (Å²) in [4.78, 5) is 4.29. The SMILES string of the molecule is COc1ccc(NC(N)=NC[C@H]2CCCO2)cc1OC. The fraction of sp³-hybridized carbons (Fsp3) is 0.500. The fourth-order valence-electron chi connectivity index (χ4n) is 2.09. The minimum Gasteiger partial charge on any atom is -0.493 e. The van der Waals surface area contributed by atoms with Gasteiger partial charge in [0.05, 0.1) is 26.9 Å². The second-order valence-corrected chi connectivity index (χ2v) is 4.56. The van der Waals surface area contributed by atoms with Gasteiger partial charge in [-0.05, 0) is 25.0 Å². The highest BCUT2D eigenvalue weighted by Gasteiger charge is 2.14. The molecule has 3 N–H and O–H groups in total. The molecule has 0 bridgehead atoms. The summed E-state index contributed by atoms with van der Waals surface area (Å²) in [6, 6.07) is 5.48. The maximum Gasteiger partial charge on any atom is 0.193 e. The molecule has 0 saturated carbocycles. The van der Waals surface area contributed by atoms with Crippen molar-refractivity contribution in [2.75, 3.05) is 32.7 Å². The normalized spacial score (nSPS) is 18.9. The number of nitrogens with zero attached hydrogens (tertiary/aromatic N) is 1. The molecular weight excluding hydrogens is 258 g/mol. The van der Waals surface area contributed by atoms with Crippen molar-refractivity contribution in [3.8, 4) is 11.5 Å². The molecule has 2 rings (SSSR count). The second kappa shape index (κ2) is 7.00. The molecular formula is C14H21N3O3. The molecule has 0 amide bonds. The van der Waals surface area contributed by atoms with Crippen LogP contribution in [0, 0.1) is 0 Å². The third-order valence-corrected chi connectivity index (χ3v) is 3.15. The van der Waals surface area contributed by atoms with Gasteiger partial charge in [0.2, 0.25) is 0 Å². The van der Waals surface area contributed by atoms with E-state index in [1.165, 1.54) is 0 Å². The van der Waals surface area contributed by atoms with Crippen LogP contribution in [-0.2, 0) is 4.74 Å². The molecule has 1 heterocycles. The van der Waals surface area contributed by atoms with Crippen LogP contribution in [0.15, 0.2) is 23.2 Å². The molecule has 1 aromatic carbocycles. The van der Waals surface area contributed by atoms with Gasteiger partial charge in [-0.1, -0.05) is 0 Å². The highest BCUT2D eigenvalue weighted by atomic mass is 16.5. The molecule has 1 aliphatic rings. The van der Waals surface area contributed by atoms with E-state index in [0.717, 1.165) is 25.1 Å². The quantitative estimate of drug-likeness (QED) is 0.632. The molecule has 6 nitrogen and oxygen atoms in total. The number of aliphatic imine (C=N–C) groups is 1. The minimum atomic E-state index is 0.195. The zero-order valence-electron chi connectivity index (χ0n) is 11.9. The standard InChI is InChI=1S/C14H21N3O3/c1-18-12-6-5-10(8-13(12)19-2)17-14(15)16-9-11-4-3-7-20-11/h5-6,8,11H,3-4,7,9H2,1-2H3,(H3,15,16,17)/t11-/m1/s1. The lowest BCUT2D eigenvalue weighted by molar-refractivity contribution is 0.118. The number of rotatable bonds is 5. The molecule has 0 radical (unpaired) electrons. The Balaban J connectivity index is 1.96. The second-order valence-electron chi connectivity index (χ2n) is 4.56. The third kappa shape index (κ3) is 3.77. The van der Waals surface area contributed by atoms with Crippen LogP contribution < -0.4 is 20.5 Å². The van der Waals surface area contributed by atoms with Crippen molar-refractivity contribution in [2.45, 2.75) is 18.9 Å². The molecule has 0 aliphatic carbocycles. The van der Waals surface area contributed by atoms with E-state index in [1.807, 2.05) is 18.2 Å². The average Bonchev–Trinajstić information content (AvgIpc) is 2.98. The van der Waals surface area contributed by atoms with E-state index in [9.17, 15) is 0 Å². The Bertz CT molecular complexity index is 471. The van der Waals surface area contributed by atoms with E-state index in [1.54, 1.807) is 14.2 Å². The highest BCUT2D eigenvalue weighted by Crippen LogP contribution is 2.29. The Kier molecular flexibility index (Phi) is 5.06. The van der Waals surface area contributed by atoms with Gasteiger partial charge in [-0.25, -0.2) is 0 Å². The number of guanidine groups is 1. The van der Waals surface area contributed by atoms with E-state index in [2.05, 4.69) is 10.3 Å². The van der Waals surface area contributed by atoms with Gasteiger partial charge < -0.3 is 25.3 Å². The van der Waals surface area contributed by atoms with Gasteiger partial charge in [0.15, 0.2) is 17.5 Å². The summed E-state index contributed by atoms with van der Waals surface area (Å²) in [5.74, 6) is 1.69. The topological polar surface area (TPSA) is 78.1 Å². The van der Waals surface area contributed by atoms with Crippen LogP contribution in [0.5, 0.6) is 11.5 Å². The minimum absolute atomic E-state index is 0.195.